The van der Waals surface area contributed by atoms with Crippen molar-refractivity contribution in [3.8, 4) is 17.2 Å². The highest BCUT2D eigenvalue weighted by Gasteiger charge is 2.13. The number of methoxy groups -OCH3 is 3. The van der Waals surface area contributed by atoms with E-state index in [1.165, 1.54) is 0 Å². The summed E-state index contributed by atoms with van der Waals surface area (Å²) < 4.78 is 15.9. The van der Waals surface area contributed by atoms with Crippen LogP contribution in [0.5, 0.6) is 17.2 Å². The molecule has 0 aromatic heterocycles. The lowest BCUT2D eigenvalue weighted by Crippen LogP contribution is -2.22. The van der Waals surface area contributed by atoms with Crippen LogP contribution in [0.4, 0.5) is 11.4 Å². The molecule has 2 aromatic rings. The fourth-order valence-corrected chi connectivity index (χ4v) is 2.51. The zero-order chi connectivity index (χ0) is 18.4. The van der Waals surface area contributed by atoms with Gasteiger partial charge in [-0.05, 0) is 25.5 Å². The molecule has 0 spiro atoms. The van der Waals surface area contributed by atoms with E-state index >= 15 is 0 Å². The highest BCUT2D eigenvalue weighted by molar-refractivity contribution is 5.94. The molecule has 2 rings (SSSR count). The van der Waals surface area contributed by atoms with E-state index in [1.807, 2.05) is 32.0 Å². The topological polar surface area (TPSA) is 68.8 Å². The first-order valence-corrected chi connectivity index (χ1v) is 7.89. The van der Waals surface area contributed by atoms with Crippen LogP contribution in [-0.4, -0.2) is 33.8 Å². The van der Waals surface area contributed by atoms with Crippen LogP contribution >= 0.6 is 0 Å². The second kappa shape index (κ2) is 8.28. The number of hydrogen-bond acceptors (Lipinski definition) is 5. The van der Waals surface area contributed by atoms with Crippen LogP contribution in [0.15, 0.2) is 30.3 Å². The fraction of sp³-hybridized carbons (Fsp3) is 0.316. The molecular weight excluding hydrogens is 320 g/mol. The summed E-state index contributed by atoms with van der Waals surface area (Å²) in [6.45, 7) is 4.10. The first kappa shape index (κ1) is 18.4. The number of ether oxygens (including phenoxy) is 3. The average molecular weight is 344 g/mol. The Hall–Kier alpha value is -2.89. The first-order chi connectivity index (χ1) is 12.0. The predicted octanol–water partition coefficient (Wildman–Crippen LogP) is 3.38. The minimum Gasteiger partial charge on any atom is -0.493 e. The third kappa shape index (κ3) is 4.56. The van der Waals surface area contributed by atoms with E-state index in [4.69, 9.17) is 14.2 Å². The van der Waals surface area contributed by atoms with Gasteiger partial charge >= 0.3 is 0 Å². The molecule has 0 bridgehead atoms. The third-order valence-electron chi connectivity index (χ3n) is 3.77. The number of carbonyl (C=O) groups is 1. The number of carbonyl (C=O) groups excluding carboxylic acids is 1. The molecule has 0 heterocycles. The van der Waals surface area contributed by atoms with Crippen molar-refractivity contribution < 1.29 is 19.0 Å². The second-order valence-corrected chi connectivity index (χ2v) is 5.63. The zero-order valence-electron chi connectivity index (χ0n) is 15.2. The number of nitrogens with one attached hydrogen (secondary N) is 2. The van der Waals surface area contributed by atoms with Crippen LogP contribution in [0, 0.1) is 13.8 Å². The second-order valence-electron chi connectivity index (χ2n) is 5.63. The molecule has 0 saturated heterocycles. The van der Waals surface area contributed by atoms with Crippen molar-refractivity contribution in [2.45, 2.75) is 13.8 Å². The Morgan fingerprint density at radius 3 is 2.12 bits per heavy atom. The molecule has 0 unspecified atom stereocenters. The van der Waals surface area contributed by atoms with Crippen LogP contribution in [0.3, 0.4) is 0 Å². The number of aryl methyl sites for hydroxylation is 2. The Bertz CT molecular complexity index is 734. The highest BCUT2D eigenvalue weighted by atomic mass is 16.5. The maximum atomic E-state index is 12.2. The molecular formula is C19H24N2O4. The monoisotopic (exact) mass is 344 g/mol. The molecule has 0 fully saturated rings. The highest BCUT2D eigenvalue weighted by Crippen LogP contribution is 2.39. The number of hydrogen-bond donors (Lipinski definition) is 2. The SMILES string of the molecule is COc1cc(NCC(=O)Nc2ccc(C)cc2C)cc(OC)c1OC. The van der Waals surface area contributed by atoms with Crippen molar-refractivity contribution in [3.05, 3.63) is 41.5 Å². The molecule has 0 aliphatic carbocycles. The van der Waals surface area contributed by atoms with Crippen molar-refractivity contribution in [1.82, 2.24) is 0 Å². The largest absolute Gasteiger partial charge is 0.493 e. The summed E-state index contributed by atoms with van der Waals surface area (Å²) >= 11 is 0. The van der Waals surface area contributed by atoms with Crippen molar-refractivity contribution >= 4 is 17.3 Å². The van der Waals surface area contributed by atoms with Gasteiger partial charge in [-0.3, -0.25) is 4.79 Å². The molecule has 25 heavy (non-hydrogen) atoms. The van der Waals surface area contributed by atoms with Gasteiger partial charge in [0.15, 0.2) is 11.5 Å². The lowest BCUT2D eigenvalue weighted by Gasteiger charge is -2.15. The Morgan fingerprint density at radius 1 is 0.960 bits per heavy atom. The van der Waals surface area contributed by atoms with E-state index in [9.17, 15) is 4.79 Å². The molecule has 2 aromatic carbocycles. The fourth-order valence-electron chi connectivity index (χ4n) is 2.51. The maximum absolute atomic E-state index is 12.2. The molecule has 2 N–H and O–H groups in total. The van der Waals surface area contributed by atoms with Crippen LogP contribution in [0.25, 0.3) is 0 Å². The van der Waals surface area contributed by atoms with Crippen molar-refractivity contribution in [2.75, 3.05) is 38.5 Å². The van der Waals surface area contributed by atoms with Gasteiger partial charge in [0.2, 0.25) is 11.7 Å². The smallest absolute Gasteiger partial charge is 0.243 e. The van der Waals surface area contributed by atoms with Crippen molar-refractivity contribution in [2.24, 2.45) is 0 Å². The Balaban J connectivity index is 2.06. The maximum Gasteiger partial charge on any atom is 0.243 e. The standard InChI is InChI=1S/C19H24N2O4/c1-12-6-7-15(13(2)8-12)21-18(22)11-20-14-9-16(23-3)19(25-5)17(10-14)24-4/h6-10,20H,11H2,1-5H3,(H,21,22). The molecule has 1 amide bonds. The van der Waals surface area contributed by atoms with Crippen molar-refractivity contribution in [1.29, 1.82) is 0 Å². The molecule has 0 atom stereocenters. The normalized spacial score (nSPS) is 10.1. The molecule has 0 saturated carbocycles. The lowest BCUT2D eigenvalue weighted by atomic mass is 10.1. The summed E-state index contributed by atoms with van der Waals surface area (Å²) in [5, 5.41) is 5.97. The van der Waals surface area contributed by atoms with E-state index in [0.29, 0.717) is 22.9 Å². The first-order valence-electron chi connectivity index (χ1n) is 7.89. The number of benzene rings is 2. The van der Waals surface area contributed by atoms with Gasteiger partial charge in [0.05, 0.1) is 27.9 Å². The molecule has 6 nitrogen and oxygen atoms in total. The van der Waals surface area contributed by atoms with E-state index < -0.39 is 0 Å². The van der Waals surface area contributed by atoms with Crippen LogP contribution < -0.4 is 24.8 Å². The summed E-state index contributed by atoms with van der Waals surface area (Å²) in [7, 11) is 4.65. The molecule has 0 radical (unpaired) electrons. The zero-order valence-corrected chi connectivity index (χ0v) is 15.2. The van der Waals surface area contributed by atoms with Gasteiger partial charge < -0.3 is 24.8 Å². The van der Waals surface area contributed by atoms with Gasteiger partial charge in [0, 0.05) is 23.5 Å². The summed E-state index contributed by atoms with van der Waals surface area (Å²) in [4.78, 5) is 12.2. The van der Waals surface area contributed by atoms with Gasteiger partial charge in [0.25, 0.3) is 0 Å². The minimum atomic E-state index is -0.138. The van der Waals surface area contributed by atoms with Gasteiger partial charge in [-0.25, -0.2) is 0 Å². The summed E-state index contributed by atoms with van der Waals surface area (Å²) in [6, 6.07) is 9.41. The van der Waals surface area contributed by atoms with Gasteiger partial charge in [-0.1, -0.05) is 17.7 Å². The summed E-state index contributed by atoms with van der Waals surface area (Å²) in [5.74, 6) is 1.43. The number of rotatable bonds is 7. The average Bonchev–Trinajstić information content (AvgIpc) is 2.61. The molecule has 0 aliphatic rings. The van der Waals surface area contributed by atoms with E-state index in [0.717, 1.165) is 16.8 Å². The predicted molar refractivity (Wildman–Crippen MR) is 99.1 cm³/mol. The number of amides is 1. The lowest BCUT2D eigenvalue weighted by molar-refractivity contribution is -0.114. The Kier molecular flexibility index (Phi) is 6.11. The van der Waals surface area contributed by atoms with Crippen LogP contribution in [-0.2, 0) is 4.79 Å². The summed E-state index contributed by atoms with van der Waals surface area (Å²) in [5.41, 5.74) is 3.69. The van der Waals surface area contributed by atoms with E-state index in [2.05, 4.69) is 10.6 Å². The number of anilines is 2. The Labute approximate surface area is 148 Å². The molecule has 134 valence electrons. The minimum absolute atomic E-state index is 0.117. The quantitative estimate of drug-likeness (QED) is 0.806. The third-order valence-corrected chi connectivity index (χ3v) is 3.77. The molecule has 6 heteroatoms. The van der Waals surface area contributed by atoms with Gasteiger partial charge in [0.1, 0.15) is 0 Å². The molecule has 0 aliphatic heterocycles. The van der Waals surface area contributed by atoms with Crippen molar-refractivity contribution in [3.63, 3.8) is 0 Å². The van der Waals surface area contributed by atoms with E-state index in [-0.39, 0.29) is 12.5 Å². The van der Waals surface area contributed by atoms with Crippen LogP contribution in [0.1, 0.15) is 11.1 Å². The Morgan fingerprint density at radius 2 is 1.60 bits per heavy atom. The van der Waals surface area contributed by atoms with Crippen LogP contribution in [0.2, 0.25) is 0 Å². The van der Waals surface area contributed by atoms with E-state index in [1.54, 1.807) is 33.5 Å². The van der Waals surface area contributed by atoms with Gasteiger partial charge in [-0.2, -0.15) is 0 Å². The summed E-state index contributed by atoms with van der Waals surface area (Å²) in [6.07, 6.45) is 0. The van der Waals surface area contributed by atoms with Gasteiger partial charge in [-0.15, -0.1) is 0 Å².